The van der Waals surface area contributed by atoms with Crippen LogP contribution in [-0.2, 0) is 0 Å². The predicted molar refractivity (Wildman–Crippen MR) is 109 cm³/mol. The van der Waals surface area contributed by atoms with Crippen molar-refractivity contribution in [1.82, 2.24) is 9.97 Å². The first-order chi connectivity index (χ1) is 13.2. The van der Waals surface area contributed by atoms with Crippen LogP contribution in [0.2, 0.25) is 5.02 Å². The molecule has 0 saturated carbocycles. The number of halogens is 1. The van der Waals surface area contributed by atoms with Crippen molar-refractivity contribution in [3.8, 4) is 11.5 Å². The van der Waals surface area contributed by atoms with E-state index >= 15 is 0 Å². The van der Waals surface area contributed by atoms with E-state index in [-0.39, 0.29) is 0 Å². The monoisotopic (exact) mass is 371 g/mol. The van der Waals surface area contributed by atoms with Crippen molar-refractivity contribution in [3.05, 3.63) is 101 Å². The Kier molecular flexibility index (Phi) is 4.61. The zero-order valence-electron chi connectivity index (χ0n) is 14.2. The third-order valence-corrected chi connectivity index (χ3v) is 4.35. The number of ether oxygens (including phenoxy) is 1. The fourth-order valence-electron chi connectivity index (χ4n) is 2.83. The Morgan fingerprint density at radius 2 is 2.00 bits per heavy atom. The van der Waals surface area contributed by atoms with Gasteiger partial charge in [0.2, 0.25) is 0 Å². The number of benzene rings is 2. The number of nitrogens with one attached hydrogen (secondary N) is 1. The highest BCUT2D eigenvalue weighted by molar-refractivity contribution is 6.31. The number of nitrogens with zero attached hydrogens (tertiary/aromatic N) is 2. The minimum absolute atomic E-state index is 0.481. The van der Waals surface area contributed by atoms with Gasteiger partial charge in [0.1, 0.15) is 11.5 Å². The highest BCUT2D eigenvalue weighted by Crippen LogP contribution is 2.32. The summed E-state index contributed by atoms with van der Waals surface area (Å²) in [4.78, 5) is 11.1. The van der Waals surface area contributed by atoms with Gasteiger partial charge in [-0.3, -0.25) is 4.98 Å². The first kappa shape index (κ1) is 16.9. The maximum atomic E-state index is 7.65. The van der Waals surface area contributed by atoms with E-state index in [1.165, 1.54) is 0 Å². The lowest BCUT2D eigenvalue weighted by molar-refractivity contribution is 0.481. The summed E-state index contributed by atoms with van der Waals surface area (Å²) in [5.74, 6) is 1.36. The van der Waals surface area contributed by atoms with Crippen LogP contribution in [-0.4, -0.2) is 9.97 Å². The van der Waals surface area contributed by atoms with Gasteiger partial charge < -0.3 is 9.72 Å². The Labute approximate surface area is 161 Å². The number of aromatic nitrogens is 2. The number of para-hydroxylation sites is 1. The molecule has 0 aliphatic heterocycles. The van der Waals surface area contributed by atoms with Crippen LogP contribution in [0.5, 0.6) is 11.5 Å². The molecule has 2 aromatic heterocycles. The Balaban J connectivity index is 1.77. The average Bonchev–Trinajstić information content (AvgIpc) is 3.11. The standard InChI is InChI=1S/C22H14ClN3O/c1-24-21(19-14-26-20-8-7-16(23)12-18(19)20)11-15-13-25-10-9-22(15)27-17-5-3-2-4-6-17/h2-14,26H/b21-11-. The smallest absolute Gasteiger partial charge is 0.197 e. The highest BCUT2D eigenvalue weighted by Gasteiger charge is 2.11. The number of hydrogen-bond acceptors (Lipinski definition) is 2. The van der Waals surface area contributed by atoms with Crippen molar-refractivity contribution in [2.75, 3.05) is 0 Å². The van der Waals surface area contributed by atoms with E-state index < -0.39 is 0 Å². The SMILES string of the molecule is [C-]#[N+]/C(=C\c1cnccc1Oc1ccccc1)c1c[nH]c2ccc(Cl)cc12. The number of H-pyrrole nitrogens is 1. The third kappa shape index (κ3) is 3.55. The second-order valence-electron chi connectivity index (χ2n) is 5.86. The van der Waals surface area contributed by atoms with Crippen LogP contribution in [0, 0.1) is 6.57 Å². The number of rotatable bonds is 4. The molecule has 1 N–H and O–H groups in total. The van der Waals surface area contributed by atoms with Crippen molar-refractivity contribution in [2.24, 2.45) is 0 Å². The minimum atomic E-state index is 0.481. The van der Waals surface area contributed by atoms with E-state index in [2.05, 4.69) is 14.8 Å². The average molecular weight is 372 g/mol. The van der Waals surface area contributed by atoms with Gasteiger partial charge in [0, 0.05) is 34.1 Å². The molecule has 0 spiro atoms. The normalized spacial score (nSPS) is 11.3. The lowest BCUT2D eigenvalue weighted by Crippen LogP contribution is -1.89. The molecule has 4 rings (SSSR count). The predicted octanol–water partition coefficient (Wildman–Crippen LogP) is 6.43. The van der Waals surface area contributed by atoms with E-state index in [0.717, 1.165) is 27.8 Å². The number of aromatic amines is 1. The summed E-state index contributed by atoms with van der Waals surface area (Å²) >= 11 is 6.13. The Bertz CT molecular complexity index is 1170. The quantitative estimate of drug-likeness (QED) is 0.420. The van der Waals surface area contributed by atoms with Crippen LogP contribution < -0.4 is 4.74 Å². The van der Waals surface area contributed by atoms with Gasteiger partial charge in [-0.1, -0.05) is 29.8 Å². The first-order valence-corrected chi connectivity index (χ1v) is 8.65. The molecule has 4 aromatic rings. The van der Waals surface area contributed by atoms with Gasteiger partial charge in [0.05, 0.1) is 6.57 Å². The molecule has 2 aromatic carbocycles. The molecule has 0 fully saturated rings. The number of pyridine rings is 1. The van der Waals surface area contributed by atoms with Crippen LogP contribution in [0.1, 0.15) is 11.1 Å². The van der Waals surface area contributed by atoms with Gasteiger partial charge in [0.25, 0.3) is 0 Å². The molecule has 4 nitrogen and oxygen atoms in total. The fourth-order valence-corrected chi connectivity index (χ4v) is 3.01. The molecule has 0 unspecified atom stereocenters. The van der Waals surface area contributed by atoms with Crippen molar-refractivity contribution in [1.29, 1.82) is 0 Å². The summed E-state index contributed by atoms with van der Waals surface area (Å²) < 4.78 is 5.96. The van der Waals surface area contributed by atoms with E-state index in [1.807, 2.05) is 54.7 Å². The molecule has 0 atom stereocenters. The molecule has 0 aliphatic carbocycles. The van der Waals surface area contributed by atoms with Crippen molar-refractivity contribution in [3.63, 3.8) is 0 Å². The van der Waals surface area contributed by atoms with E-state index in [9.17, 15) is 0 Å². The molecule has 5 heteroatoms. The Morgan fingerprint density at radius 1 is 1.15 bits per heavy atom. The van der Waals surface area contributed by atoms with Gasteiger partial charge in [-0.25, -0.2) is 4.85 Å². The molecule has 27 heavy (non-hydrogen) atoms. The van der Waals surface area contributed by atoms with E-state index in [4.69, 9.17) is 22.9 Å². The van der Waals surface area contributed by atoms with Gasteiger partial charge >= 0.3 is 0 Å². The summed E-state index contributed by atoms with van der Waals surface area (Å²) in [6, 6.07) is 16.9. The molecule has 2 heterocycles. The zero-order chi connectivity index (χ0) is 18.6. The van der Waals surface area contributed by atoms with Crippen LogP contribution in [0.25, 0.3) is 27.5 Å². The van der Waals surface area contributed by atoms with Gasteiger partial charge in [0.15, 0.2) is 5.70 Å². The fraction of sp³-hybridized carbons (Fsp3) is 0. The molecular formula is C22H14ClN3O. The molecule has 130 valence electrons. The summed E-state index contributed by atoms with van der Waals surface area (Å²) in [6.07, 6.45) is 6.95. The van der Waals surface area contributed by atoms with Crippen molar-refractivity contribution >= 4 is 34.3 Å². The second kappa shape index (κ2) is 7.36. The molecule has 0 bridgehead atoms. The maximum absolute atomic E-state index is 7.65. The minimum Gasteiger partial charge on any atom is -0.457 e. The Hall–Kier alpha value is -3.55. The maximum Gasteiger partial charge on any atom is 0.197 e. The Morgan fingerprint density at radius 3 is 2.81 bits per heavy atom. The largest absolute Gasteiger partial charge is 0.457 e. The first-order valence-electron chi connectivity index (χ1n) is 8.27. The van der Waals surface area contributed by atoms with E-state index in [0.29, 0.717) is 16.5 Å². The molecule has 0 aliphatic rings. The number of hydrogen-bond donors (Lipinski definition) is 1. The lowest BCUT2D eigenvalue weighted by Gasteiger charge is -2.08. The summed E-state index contributed by atoms with van der Waals surface area (Å²) in [5, 5.41) is 1.53. The van der Waals surface area contributed by atoms with Gasteiger partial charge in [-0.05, 0) is 54.1 Å². The van der Waals surface area contributed by atoms with Crippen LogP contribution in [0.4, 0.5) is 0 Å². The molecule has 0 amide bonds. The summed E-state index contributed by atoms with van der Waals surface area (Å²) in [7, 11) is 0. The molecule has 0 radical (unpaired) electrons. The topological polar surface area (TPSA) is 42.3 Å². The van der Waals surface area contributed by atoms with Crippen LogP contribution >= 0.6 is 11.6 Å². The van der Waals surface area contributed by atoms with E-state index in [1.54, 1.807) is 24.5 Å². The lowest BCUT2D eigenvalue weighted by atomic mass is 10.1. The second-order valence-corrected chi connectivity index (χ2v) is 6.30. The zero-order valence-corrected chi connectivity index (χ0v) is 14.9. The van der Waals surface area contributed by atoms with Crippen LogP contribution in [0.3, 0.4) is 0 Å². The number of fused-ring (bicyclic) bond motifs is 1. The summed E-state index contributed by atoms with van der Waals surface area (Å²) in [6.45, 7) is 7.65. The summed E-state index contributed by atoms with van der Waals surface area (Å²) in [5.41, 5.74) is 2.92. The molecular weight excluding hydrogens is 358 g/mol. The van der Waals surface area contributed by atoms with Crippen LogP contribution in [0.15, 0.2) is 73.2 Å². The van der Waals surface area contributed by atoms with Gasteiger partial charge in [-0.15, -0.1) is 0 Å². The van der Waals surface area contributed by atoms with Gasteiger partial charge in [-0.2, -0.15) is 0 Å². The van der Waals surface area contributed by atoms with Crippen molar-refractivity contribution < 1.29 is 4.74 Å². The molecule has 0 saturated heterocycles. The third-order valence-electron chi connectivity index (χ3n) is 4.11. The van der Waals surface area contributed by atoms with Crippen molar-refractivity contribution in [2.45, 2.75) is 0 Å². The highest BCUT2D eigenvalue weighted by atomic mass is 35.5.